The quantitative estimate of drug-likeness (QED) is 0.620. The lowest BCUT2D eigenvalue weighted by atomic mass is 9.99. The number of hydrogen-bond donors (Lipinski definition) is 1. The van der Waals surface area contributed by atoms with Gasteiger partial charge in [-0.2, -0.15) is 0 Å². The van der Waals surface area contributed by atoms with E-state index in [1.165, 1.54) is 11.3 Å². The molecule has 0 saturated carbocycles. The van der Waals surface area contributed by atoms with Crippen molar-refractivity contribution in [3.8, 4) is 16.9 Å². The van der Waals surface area contributed by atoms with Crippen molar-refractivity contribution < 1.29 is 19.1 Å². The van der Waals surface area contributed by atoms with Gasteiger partial charge in [-0.3, -0.25) is 19.9 Å². The number of aryl methyl sites for hydroxylation is 1. The molecule has 9 heteroatoms. The lowest BCUT2D eigenvalue weighted by Gasteiger charge is -2.18. The van der Waals surface area contributed by atoms with Crippen LogP contribution in [0, 0.1) is 12.8 Å². The summed E-state index contributed by atoms with van der Waals surface area (Å²) >= 11 is 1.41. The molecular formula is C24H24N4O4S. The first-order chi connectivity index (χ1) is 16.0. The number of nitrogens with one attached hydrogen (secondary N) is 1. The van der Waals surface area contributed by atoms with E-state index in [9.17, 15) is 9.59 Å². The fourth-order valence-corrected chi connectivity index (χ4v) is 5.21. The van der Waals surface area contributed by atoms with Crippen molar-refractivity contribution in [1.29, 1.82) is 0 Å². The number of thiazole rings is 1. The predicted octanol–water partition coefficient (Wildman–Crippen LogP) is 3.65. The molecule has 5 rings (SSSR count). The van der Waals surface area contributed by atoms with Crippen LogP contribution in [0.4, 0.5) is 5.13 Å². The molecule has 1 N–H and O–H groups in total. The molecule has 1 unspecified atom stereocenters. The predicted molar refractivity (Wildman–Crippen MR) is 124 cm³/mol. The van der Waals surface area contributed by atoms with Crippen LogP contribution >= 0.6 is 11.3 Å². The van der Waals surface area contributed by atoms with E-state index in [-0.39, 0.29) is 17.7 Å². The van der Waals surface area contributed by atoms with Crippen LogP contribution in [-0.2, 0) is 22.6 Å². The number of pyridine rings is 1. The fraction of sp³-hybridized carbons (Fsp3) is 0.333. The summed E-state index contributed by atoms with van der Waals surface area (Å²) in [6.07, 6.45) is 2.36. The van der Waals surface area contributed by atoms with E-state index in [1.54, 1.807) is 13.3 Å². The first-order valence-corrected chi connectivity index (χ1v) is 11.6. The highest BCUT2D eigenvalue weighted by Crippen LogP contribution is 2.35. The van der Waals surface area contributed by atoms with Crippen LogP contribution in [-0.4, -0.2) is 47.0 Å². The van der Waals surface area contributed by atoms with Gasteiger partial charge in [0.15, 0.2) is 5.13 Å². The average Bonchev–Trinajstić information content (AvgIpc) is 3.55. The number of hydrogen-bond acceptors (Lipinski definition) is 7. The fourth-order valence-electron chi connectivity index (χ4n) is 4.23. The number of rotatable bonds is 5. The molecule has 4 heterocycles. The van der Waals surface area contributed by atoms with Crippen LogP contribution in [0.5, 0.6) is 5.75 Å². The number of amides is 2. The minimum atomic E-state index is -0.285. The summed E-state index contributed by atoms with van der Waals surface area (Å²) in [4.78, 5) is 37.6. The Kier molecular flexibility index (Phi) is 5.82. The van der Waals surface area contributed by atoms with Crippen molar-refractivity contribution in [3.63, 3.8) is 0 Å². The molecule has 2 aromatic heterocycles. The van der Waals surface area contributed by atoms with Crippen molar-refractivity contribution in [2.45, 2.75) is 26.4 Å². The minimum Gasteiger partial charge on any atom is -0.496 e. The van der Waals surface area contributed by atoms with Crippen molar-refractivity contribution in [2.24, 2.45) is 5.92 Å². The van der Waals surface area contributed by atoms with Crippen LogP contribution in [0.15, 0.2) is 36.5 Å². The van der Waals surface area contributed by atoms with Crippen molar-refractivity contribution >= 4 is 28.3 Å². The first-order valence-electron chi connectivity index (χ1n) is 10.8. The minimum absolute atomic E-state index is 0.0550. The lowest BCUT2D eigenvalue weighted by Crippen LogP contribution is -2.32. The number of nitrogens with zero attached hydrogens (tertiary/aromatic N) is 3. The largest absolute Gasteiger partial charge is 0.496 e. The summed E-state index contributed by atoms with van der Waals surface area (Å²) in [5.41, 5.74) is 3.66. The van der Waals surface area contributed by atoms with Gasteiger partial charge < -0.3 is 14.4 Å². The molecule has 2 aliphatic heterocycles. The van der Waals surface area contributed by atoms with Gasteiger partial charge >= 0.3 is 0 Å². The van der Waals surface area contributed by atoms with Gasteiger partial charge in [-0.05, 0) is 25.5 Å². The molecule has 33 heavy (non-hydrogen) atoms. The van der Waals surface area contributed by atoms with Crippen LogP contribution in [0.3, 0.4) is 0 Å². The molecular weight excluding hydrogens is 440 g/mol. The lowest BCUT2D eigenvalue weighted by molar-refractivity contribution is -0.136. The van der Waals surface area contributed by atoms with Crippen molar-refractivity contribution in [3.05, 3.63) is 58.4 Å². The Hall–Kier alpha value is -3.30. The topological polar surface area (TPSA) is 93.6 Å². The summed E-state index contributed by atoms with van der Waals surface area (Å²) in [6, 6.07) is 9.46. The number of aromatic nitrogens is 2. The third kappa shape index (κ3) is 4.21. The number of anilines is 1. The monoisotopic (exact) mass is 464 g/mol. The normalized spacial score (nSPS) is 17.2. The highest BCUT2D eigenvalue weighted by atomic mass is 32.1. The van der Waals surface area contributed by atoms with E-state index < -0.39 is 0 Å². The first kappa shape index (κ1) is 21.5. The zero-order chi connectivity index (χ0) is 22.9. The summed E-state index contributed by atoms with van der Waals surface area (Å²) in [5, 5.41) is 3.44. The summed E-state index contributed by atoms with van der Waals surface area (Å²) in [7, 11) is 1.61. The van der Waals surface area contributed by atoms with E-state index in [1.807, 2.05) is 42.2 Å². The number of para-hydroxylation sites is 1. The molecule has 1 fully saturated rings. The highest BCUT2D eigenvalue weighted by molar-refractivity contribution is 7.16. The number of carbonyl (C=O) groups is 2. The third-order valence-electron chi connectivity index (χ3n) is 5.95. The third-order valence-corrected chi connectivity index (χ3v) is 6.94. The molecule has 3 aromatic rings. The number of fused-ring (bicyclic) bond motifs is 1. The Morgan fingerprint density at radius 3 is 2.85 bits per heavy atom. The molecule has 170 valence electrons. The molecule has 2 amide bonds. The Bertz CT molecular complexity index is 1200. The standard InChI is InChI=1S/C24H24N4O4S/c1-14-9-17(16-5-3-4-6-20(16)31-2)18(10-25-14)22(29)27-24-26-19-11-28(12-21(19)33-24)23(30)15-7-8-32-13-15/h3-6,9-10,15H,7-8,11-13H2,1-2H3,(H,26,27,29). The van der Waals surface area contributed by atoms with Gasteiger partial charge in [0.25, 0.3) is 5.91 Å². The van der Waals surface area contributed by atoms with Gasteiger partial charge in [0.1, 0.15) is 5.75 Å². The summed E-state index contributed by atoms with van der Waals surface area (Å²) < 4.78 is 10.8. The van der Waals surface area contributed by atoms with Crippen molar-refractivity contribution in [1.82, 2.24) is 14.9 Å². The molecule has 0 aliphatic carbocycles. The average molecular weight is 465 g/mol. The second-order valence-electron chi connectivity index (χ2n) is 8.17. The Balaban J connectivity index is 1.34. The molecule has 0 bridgehead atoms. The molecule has 0 spiro atoms. The van der Waals surface area contributed by atoms with Gasteiger partial charge in [-0.1, -0.05) is 29.5 Å². The maximum atomic E-state index is 13.2. The summed E-state index contributed by atoms with van der Waals surface area (Å²) in [5.74, 6) is 0.464. The van der Waals surface area contributed by atoms with Gasteiger partial charge in [0.2, 0.25) is 5.91 Å². The molecule has 1 aromatic carbocycles. The second-order valence-corrected chi connectivity index (χ2v) is 9.25. The molecule has 8 nitrogen and oxygen atoms in total. The van der Waals surface area contributed by atoms with Crippen LogP contribution in [0.1, 0.15) is 33.0 Å². The Labute approximate surface area is 195 Å². The second kappa shape index (κ2) is 8.92. The van der Waals surface area contributed by atoms with Gasteiger partial charge in [-0.15, -0.1) is 0 Å². The SMILES string of the molecule is COc1ccccc1-c1cc(C)ncc1C(=O)Nc1nc2c(s1)CN(C(=O)C1CCOC1)C2. The zero-order valence-corrected chi connectivity index (χ0v) is 19.3. The number of carbonyl (C=O) groups excluding carboxylic acids is 2. The van der Waals surface area contributed by atoms with Gasteiger partial charge in [0.05, 0.1) is 48.9 Å². The van der Waals surface area contributed by atoms with Crippen LogP contribution in [0.25, 0.3) is 11.1 Å². The van der Waals surface area contributed by atoms with E-state index in [4.69, 9.17) is 9.47 Å². The van der Waals surface area contributed by atoms with E-state index >= 15 is 0 Å². The smallest absolute Gasteiger partial charge is 0.259 e. The molecule has 1 atom stereocenters. The van der Waals surface area contributed by atoms with E-state index in [2.05, 4.69) is 15.3 Å². The van der Waals surface area contributed by atoms with Gasteiger partial charge in [0, 0.05) is 29.6 Å². The Morgan fingerprint density at radius 2 is 2.09 bits per heavy atom. The highest BCUT2D eigenvalue weighted by Gasteiger charge is 2.33. The van der Waals surface area contributed by atoms with Crippen LogP contribution < -0.4 is 10.1 Å². The Morgan fingerprint density at radius 1 is 1.24 bits per heavy atom. The van der Waals surface area contributed by atoms with Crippen molar-refractivity contribution in [2.75, 3.05) is 25.6 Å². The maximum absolute atomic E-state index is 13.2. The van der Waals surface area contributed by atoms with Gasteiger partial charge in [-0.25, -0.2) is 4.98 Å². The van der Waals surface area contributed by atoms with E-state index in [0.29, 0.717) is 42.7 Å². The van der Waals surface area contributed by atoms with E-state index in [0.717, 1.165) is 33.8 Å². The zero-order valence-electron chi connectivity index (χ0n) is 18.5. The number of methoxy groups -OCH3 is 1. The number of benzene rings is 1. The number of ether oxygens (including phenoxy) is 2. The summed E-state index contributed by atoms with van der Waals surface area (Å²) in [6.45, 7) is 4.02. The molecule has 0 radical (unpaired) electrons. The maximum Gasteiger partial charge on any atom is 0.259 e. The molecule has 2 aliphatic rings. The molecule has 1 saturated heterocycles. The van der Waals surface area contributed by atoms with Crippen LogP contribution in [0.2, 0.25) is 0 Å².